The number of fused-ring (bicyclic) bond motifs is 1. The molecule has 2 aromatic carbocycles. The van der Waals surface area contributed by atoms with Gasteiger partial charge in [-0.2, -0.15) is 0 Å². The van der Waals surface area contributed by atoms with E-state index < -0.39 is 10.9 Å². The van der Waals surface area contributed by atoms with E-state index >= 15 is 0 Å². The second kappa shape index (κ2) is 7.33. The van der Waals surface area contributed by atoms with Crippen molar-refractivity contribution < 1.29 is 24.0 Å². The highest BCUT2D eigenvalue weighted by atomic mass is 32.1. The molecule has 1 aliphatic rings. The number of allylic oxidation sites excluding steroid dienone is 1. The summed E-state index contributed by atoms with van der Waals surface area (Å²) < 4.78 is 11.0. The van der Waals surface area contributed by atoms with Gasteiger partial charge in [0.15, 0.2) is 5.76 Å². The van der Waals surface area contributed by atoms with Crippen molar-refractivity contribution in [3.05, 3.63) is 91.4 Å². The van der Waals surface area contributed by atoms with E-state index in [1.165, 1.54) is 53.8 Å². The highest BCUT2D eigenvalue weighted by molar-refractivity contribution is 7.11. The number of hydrogen-bond donors (Lipinski definition) is 0. The summed E-state index contributed by atoms with van der Waals surface area (Å²) in [5.74, 6) is -0.183. The molecule has 0 N–H and O–H groups in total. The van der Waals surface area contributed by atoms with Crippen LogP contribution in [0.5, 0.6) is 11.5 Å². The molecule has 8 heteroatoms. The monoisotopic (exact) mass is 407 g/mol. The quantitative estimate of drug-likeness (QED) is 0.203. The van der Waals surface area contributed by atoms with Gasteiger partial charge < -0.3 is 9.47 Å². The predicted octanol–water partition coefficient (Wildman–Crippen LogP) is 4.80. The smallest absolute Gasteiger partial charge is 0.343 e. The maximum atomic E-state index is 12.5. The molecule has 3 aromatic rings. The Morgan fingerprint density at radius 2 is 1.93 bits per heavy atom. The number of hydrogen-bond acceptors (Lipinski definition) is 7. The summed E-state index contributed by atoms with van der Waals surface area (Å²) in [5.41, 5.74) is 1.49. The number of nitro benzene ring substituents is 1. The Morgan fingerprint density at radius 3 is 2.59 bits per heavy atom. The maximum absolute atomic E-state index is 12.5. The molecule has 4 rings (SSSR count). The number of carbonyl (C=O) groups is 2. The van der Waals surface area contributed by atoms with Crippen LogP contribution in [0.15, 0.2) is 59.7 Å². The van der Waals surface area contributed by atoms with Crippen LogP contribution in [0.1, 0.15) is 31.2 Å². The van der Waals surface area contributed by atoms with Gasteiger partial charge in [-0.1, -0.05) is 0 Å². The molecule has 0 radical (unpaired) electrons. The number of benzene rings is 2. The van der Waals surface area contributed by atoms with E-state index in [-0.39, 0.29) is 28.5 Å². The van der Waals surface area contributed by atoms with Crippen LogP contribution in [0.2, 0.25) is 0 Å². The van der Waals surface area contributed by atoms with Crippen molar-refractivity contribution in [1.82, 2.24) is 0 Å². The van der Waals surface area contributed by atoms with Gasteiger partial charge in [0.2, 0.25) is 5.78 Å². The van der Waals surface area contributed by atoms with Crippen LogP contribution in [0.4, 0.5) is 5.69 Å². The summed E-state index contributed by atoms with van der Waals surface area (Å²) in [4.78, 5) is 35.9. The first-order chi connectivity index (χ1) is 13.9. The van der Waals surface area contributed by atoms with Crippen LogP contribution in [0, 0.1) is 17.0 Å². The summed E-state index contributed by atoms with van der Waals surface area (Å²) >= 11 is 1.51. The second-order valence-electron chi connectivity index (χ2n) is 6.26. The molecule has 0 atom stereocenters. The van der Waals surface area contributed by atoms with E-state index in [2.05, 4.69) is 0 Å². The molecular weight excluding hydrogens is 394 g/mol. The zero-order chi connectivity index (χ0) is 20.5. The molecular formula is C21H13NO6S. The van der Waals surface area contributed by atoms with Gasteiger partial charge in [-0.25, -0.2) is 4.79 Å². The average molecular weight is 407 g/mol. The molecule has 144 valence electrons. The Bertz CT molecular complexity index is 1180. The average Bonchev–Trinajstić information content (AvgIpc) is 3.25. The highest BCUT2D eigenvalue weighted by Gasteiger charge is 2.28. The SMILES string of the molecule is Cc1ccsc1C=C1Oc2cc(OC(=O)c3ccc([N+](=O)[O-])cc3)ccc2C1=O. The van der Waals surface area contributed by atoms with Gasteiger partial charge in [0.1, 0.15) is 11.5 Å². The molecule has 0 bridgehead atoms. The number of nitrogens with zero attached hydrogens (tertiary/aromatic N) is 1. The lowest BCUT2D eigenvalue weighted by Gasteiger charge is -2.05. The minimum atomic E-state index is -0.672. The number of aryl methyl sites for hydroxylation is 1. The Kier molecular flexibility index (Phi) is 4.69. The van der Waals surface area contributed by atoms with Crippen molar-refractivity contribution in [1.29, 1.82) is 0 Å². The van der Waals surface area contributed by atoms with Crippen LogP contribution in [0.25, 0.3) is 6.08 Å². The number of esters is 1. The molecule has 0 saturated carbocycles. The first-order valence-electron chi connectivity index (χ1n) is 8.51. The number of non-ortho nitro benzene ring substituents is 1. The Hall–Kier alpha value is -3.78. The van der Waals surface area contributed by atoms with Gasteiger partial charge in [0.05, 0.1) is 16.1 Å². The molecule has 0 unspecified atom stereocenters. The van der Waals surface area contributed by atoms with Crippen LogP contribution in [0.3, 0.4) is 0 Å². The minimum absolute atomic E-state index is 0.119. The van der Waals surface area contributed by atoms with Crippen molar-refractivity contribution in [2.75, 3.05) is 0 Å². The number of rotatable bonds is 4. The van der Waals surface area contributed by atoms with E-state index in [1.54, 1.807) is 6.08 Å². The fourth-order valence-electron chi connectivity index (χ4n) is 2.77. The van der Waals surface area contributed by atoms with Crippen molar-refractivity contribution in [2.24, 2.45) is 0 Å². The standard InChI is InChI=1S/C21H13NO6S/c1-12-8-9-29-19(12)11-18-20(23)16-7-6-15(10-17(16)28-18)27-21(24)13-2-4-14(5-3-13)22(25)26/h2-11H,1H3. The van der Waals surface area contributed by atoms with Crippen molar-refractivity contribution in [3.63, 3.8) is 0 Å². The molecule has 0 amide bonds. The second-order valence-corrected chi connectivity index (χ2v) is 7.21. The number of nitro groups is 1. The summed E-state index contributed by atoms with van der Waals surface area (Å²) in [6.07, 6.45) is 1.70. The topological polar surface area (TPSA) is 95.7 Å². The summed E-state index contributed by atoms with van der Waals surface area (Å²) in [6.45, 7) is 1.95. The largest absolute Gasteiger partial charge is 0.452 e. The van der Waals surface area contributed by atoms with Gasteiger partial charge in [0, 0.05) is 29.2 Å². The molecule has 7 nitrogen and oxygen atoms in total. The lowest BCUT2D eigenvalue weighted by atomic mass is 10.1. The minimum Gasteiger partial charge on any atom is -0.452 e. The lowest BCUT2D eigenvalue weighted by molar-refractivity contribution is -0.384. The molecule has 0 spiro atoms. The highest BCUT2D eigenvalue weighted by Crippen LogP contribution is 2.35. The van der Waals surface area contributed by atoms with Gasteiger partial charge in [-0.05, 0) is 48.2 Å². The Morgan fingerprint density at radius 1 is 1.17 bits per heavy atom. The van der Waals surface area contributed by atoms with Crippen LogP contribution in [-0.4, -0.2) is 16.7 Å². The third-order valence-corrected chi connectivity index (χ3v) is 5.30. The fourth-order valence-corrected chi connectivity index (χ4v) is 3.62. The van der Waals surface area contributed by atoms with E-state index in [4.69, 9.17) is 9.47 Å². The van der Waals surface area contributed by atoms with E-state index in [1.807, 2.05) is 18.4 Å². The van der Waals surface area contributed by atoms with Gasteiger partial charge in [-0.15, -0.1) is 11.3 Å². The van der Waals surface area contributed by atoms with Crippen LogP contribution in [-0.2, 0) is 0 Å². The van der Waals surface area contributed by atoms with Gasteiger partial charge in [0.25, 0.3) is 5.69 Å². The molecule has 2 heterocycles. The van der Waals surface area contributed by atoms with E-state index in [0.717, 1.165) is 10.4 Å². The number of carbonyl (C=O) groups excluding carboxylic acids is 2. The normalized spacial score (nSPS) is 13.8. The Labute approximate surface area is 169 Å². The summed E-state index contributed by atoms with van der Waals surface area (Å²) in [5, 5.41) is 12.6. The number of thiophene rings is 1. The first-order valence-corrected chi connectivity index (χ1v) is 9.39. The third-order valence-electron chi connectivity index (χ3n) is 4.33. The molecule has 1 aliphatic heterocycles. The van der Waals surface area contributed by atoms with Gasteiger partial charge in [-0.3, -0.25) is 14.9 Å². The van der Waals surface area contributed by atoms with E-state index in [9.17, 15) is 19.7 Å². The molecule has 0 fully saturated rings. The molecule has 0 aliphatic carbocycles. The molecule has 0 saturated heterocycles. The lowest BCUT2D eigenvalue weighted by Crippen LogP contribution is -2.08. The first kappa shape index (κ1) is 18.6. The van der Waals surface area contributed by atoms with Crippen LogP contribution < -0.4 is 9.47 Å². The summed E-state index contributed by atoms with van der Waals surface area (Å²) in [6, 6.07) is 11.6. The molecule has 1 aromatic heterocycles. The molecule has 29 heavy (non-hydrogen) atoms. The third kappa shape index (κ3) is 3.65. The maximum Gasteiger partial charge on any atom is 0.343 e. The Balaban J connectivity index is 1.53. The van der Waals surface area contributed by atoms with Crippen molar-refractivity contribution >= 4 is 34.9 Å². The van der Waals surface area contributed by atoms with Crippen LogP contribution >= 0.6 is 11.3 Å². The number of Topliss-reactive ketones (excluding diaryl/α,β-unsaturated/α-hetero) is 1. The van der Waals surface area contributed by atoms with Gasteiger partial charge >= 0.3 is 5.97 Å². The van der Waals surface area contributed by atoms with Crippen molar-refractivity contribution in [2.45, 2.75) is 6.92 Å². The zero-order valence-corrected chi connectivity index (χ0v) is 15.9. The zero-order valence-electron chi connectivity index (χ0n) is 15.1. The fraction of sp³-hybridized carbons (Fsp3) is 0.0476. The number of ketones is 1. The number of ether oxygens (including phenoxy) is 2. The van der Waals surface area contributed by atoms with E-state index in [0.29, 0.717) is 11.3 Å². The summed E-state index contributed by atoms with van der Waals surface area (Å²) in [7, 11) is 0. The van der Waals surface area contributed by atoms with Crippen molar-refractivity contribution in [3.8, 4) is 11.5 Å². The predicted molar refractivity (Wildman–Crippen MR) is 106 cm³/mol.